The smallest absolute Gasteiger partial charge is 0.0506 e. The molecule has 0 aromatic heterocycles. The summed E-state index contributed by atoms with van der Waals surface area (Å²) in [4.78, 5) is 0. The minimum atomic E-state index is 0.693. The van der Waals surface area contributed by atoms with E-state index in [4.69, 9.17) is 4.74 Å². The van der Waals surface area contributed by atoms with Crippen molar-refractivity contribution in [1.29, 1.82) is 0 Å². The second-order valence-corrected chi connectivity index (χ2v) is 5.03. The van der Waals surface area contributed by atoms with Gasteiger partial charge >= 0.3 is 0 Å². The molecule has 0 amide bonds. The van der Waals surface area contributed by atoms with Crippen molar-refractivity contribution >= 4 is 0 Å². The van der Waals surface area contributed by atoms with Crippen LogP contribution in [-0.2, 0) is 4.74 Å². The Morgan fingerprint density at radius 1 is 1.36 bits per heavy atom. The number of nitrogens with one attached hydrogen (secondary N) is 1. The van der Waals surface area contributed by atoms with Gasteiger partial charge in [-0.05, 0) is 50.6 Å². The second-order valence-electron chi connectivity index (χ2n) is 5.03. The number of hydrogen-bond acceptors (Lipinski definition) is 2. The third-order valence-corrected chi connectivity index (χ3v) is 2.70. The molecule has 1 atom stereocenters. The highest BCUT2D eigenvalue weighted by Crippen LogP contribution is 2.29. The van der Waals surface area contributed by atoms with Crippen LogP contribution in [0.4, 0.5) is 0 Å². The first-order valence-electron chi connectivity index (χ1n) is 5.94. The molecular weight excluding hydrogens is 174 g/mol. The van der Waals surface area contributed by atoms with Crippen molar-refractivity contribution in [1.82, 2.24) is 5.32 Å². The molecule has 0 saturated heterocycles. The van der Waals surface area contributed by atoms with E-state index in [9.17, 15) is 0 Å². The maximum Gasteiger partial charge on any atom is 0.0506 e. The van der Waals surface area contributed by atoms with E-state index in [-0.39, 0.29) is 0 Å². The Labute approximate surface area is 88.4 Å². The molecule has 1 aliphatic rings. The lowest BCUT2D eigenvalue weighted by Crippen LogP contribution is -2.24. The normalized spacial score (nSPS) is 18.9. The van der Waals surface area contributed by atoms with Crippen LogP contribution in [0.1, 0.15) is 33.1 Å². The largest absolute Gasteiger partial charge is 0.381 e. The van der Waals surface area contributed by atoms with E-state index in [0.717, 1.165) is 31.6 Å². The van der Waals surface area contributed by atoms with Crippen molar-refractivity contribution < 1.29 is 4.74 Å². The van der Waals surface area contributed by atoms with Gasteiger partial charge < -0.3 is 10.1 Å². The Kier molecular flexibility index (Phi) is 5.49. The van der Waals surface area contributed by atoms with Gasteiger partial charge in [-0.1, -0.05) is 13.8 Å². The molecule has 0 aromatic rings. The summed E-state index contributed by atoms with van der Waals surface area (Å²) in [5.41, 5.74) is 0. The molecule has 0 aliphatic heterocycles. The van der Waals surface area contributed by atoms with Crippen molar-refractivity contribution in [2.75, 3.05) is 26.8 Å². The Morgan fingerprint density at radius 2 is 2.07 bits per heavy atom. The SMILES string of the molecule is CNCC(COCC1CC1)CC(C)C. The van der Waals surface area contributed by atoms with Gasteiger partial charge in [0.25, 0.3) is 0 Å². The zero-order valence-electron chi connectivity index (χ0n) is 9.88. The lowest BCUT2D eigenvalue weighted by molar-refractivity contribution is 0.0843. The second kappa shape index (κ2) is 6.41. The highest BCUT2D eigenvalue weighted by molar-refractivity contribution is 4.72. The maximum atomic E-state index is 5.73. The first-order valence-corrected chi connectivity index (χ1v) is 5.94. The first kappa shape index (κ1) is 12.0. The van der Waals surface area contributed by atoms with Crippen molar-refractivity contribution in [2.24, 2.45) is 17.8 Å². The first-order chi connectivity index (χ1) is 6.72. The summed E-state index contributed by atoms with van der Waals surface area (Å²) in [6, 6.07) is 0. The number of ether oxygens (including phenoxy) is 1. The molecule has 84 valence electrons. The van der Waals surface area contributed by atoms with E-state index < -0.39 is 0 Å². The molecule has 2 nitrogen and oxygen atoms in total. The summed E-state index contributed by atoms with van der Waals surface area (Å²) in [6.07, 6.45) is 4.05. The molecule has 0 aromatic carbocycles. The maximum absolute atomic E-state index is 5.73. The highest BCUT2D eigenvalue weighted by Gasteiger charge is 2.21. The minimum Gasteiger partial charge on any atom is -0.381 e. The van der Waals surface area contributed by atoms with Gasteiger partial charge in [0.2, 0.25) is 0 Å². The Balaban J connectivity index is 2.05. The van der Waals surface area contributed by atoms with Crippen LogP contribution >= 0.6 is 0 Å². The third kappa shape index (κ3) is 5.61. The Hall–Kier alpha value is -0.0800. The van der Waals surface area contributed by atoms with E-state index in [2.05, 4.69) is 19.2 Å². The summed E-state index contributed by atoms with van der Waals surface area (Å²) in [5.74, 6) is 2.36. The lowest BCUT2D eigenvalue weighted by Gasteiger charge is -2.18. The predicted molar refractivity (Wildman–Crippen MR) is 60.4 cm³/mol. The van der Waals surface area contributed by atoms with Crippen molar-refractivity contribution in [3.63, 3.8) is 0 Å². The molecule has 1 saturated carbocycles. The van der Waals surface area contributed by atoms with Gasteiger partial charge in [0, 0.05) is 6.61 Å². The van der Waals surface area contributed by atoms with Crippen LogP contribution < -0.4 is 5.32 Å². The molecule has 2 heteroatoms. The fourth-order valence-electron chi connectivity index (χ4n) is 1.85. The van der Waals surface area contributed by atoms with Crippen LogP contribution in [0.15, 0.2) is 0 Å². The molecule has 0 radical (unpaired) electrons. The molecule has 14 heavy (non-hydrogen) atoms. The zero-order valence-corrected chi connectivity index (χ0v) is 9.88. The molecule has 1 unspecified atom stereocenters. The quantitative estimate of drug-likeness (QED) is 0.647. The fraction of sp³-hybridized carbons (Fsp3) is 1.00. The van der Waals surface area contributed by atoms with E-state index in [0.29, 0.717) is 5.92 Å². The summed E-state index contributed by atoms with van der Waals surface area (Å²) < 4.78 is 5.73. The van der Waals surface area contributed by atoms with Gasteiger partial charge in [-0.25, -0.2) is 0 Å². The van der Waals surface area contributed by atoms with Crippen LogP contribution in [-0.4, -0.2) is 26.8 Å². The molecule has 1 fully saturated rings. The van der Waals surface area contributed by atoms with E-state index >= 15 is 0 Å². The average Bonchev–Trinajstić information content (AvgIpc) is 2.87. The van der Waals surface area contributed by atoms with Crippen molar-refractivity contribution in [3.8, 4) is 0 Å². The number of rotatable bonds is 8. The van der Waals surface area contributed by atoms with Gasteiger partial charge in [0.1, 0.15) is 0 Å². The predicted octanol–water partition coefficient (Wildman–Crippen LogP) is 2.29. The summed E-state index contributed by atoms with van der Waals surface area (Å²) in [6.45, 7) is 7.59. The van der Waals surface area contributed by atoms with E-state index in [1.165, 1.54) is 19.3 Å². The zero-order chi connectivity index (χ0) is 10.4. The molecule has 1 N–H and O–H groups in total. The third-order valence-electron chi connectivity index (χ3n) is 2.70. The van der Waals surface area contributed by atoms with Gasteiger partial charge in [0.05, 0.1) is 6.61 Å². The van der Waals surface area contributed by atoms with Crippen LogP contribution in [0.2, 0.25) is 0 Å². The summed E-state index contributed by atoms with van der Waals surface area (Å²) in [5, 5.41) is 3.25. The Morgan fingerprint density at radius 3 is 2.57 bits per heavy atom. The van der Waals surface area contributed by atoms with Crippen molar-refractivity contribution in [2.45, 2.75) is 33.1 Å². The lowest BCUT2D eigenvalue weighted by atomic mass is 9.98. The monoisotopic (exact) mass is 199 g/mol. The topological polar surface area (TPSA) is 21.3 Å². The van der Waals surface area contributed by atoms with E-state index in [1.807, 2.05) is 7.05 Å². The van der Waals surface area contributed by atoms with Crippen LogP contribution in [0, 0.1) is 17.8 Å². The molecule has 0 spiro atoms. The average molecular weight is 199 g/mol. The highest BCUT2D eigenvalue weighted by atomic mass is 16.5. The minimum absolute atomic E-state index is 0.693. The molecule has 0 bridgehead atoms. The summed E-state index contributed by atoms with van der Waals surface area (Å²) >= 11 is 0. The molecular formula is C12H25NO. The van der Waals surface area contributed by atoms with Gasteiger partial charge in [-0.2, -0.15) is 0 Å². The van der Waals surface area contributed by atoms with E-state index in [1.54, 1.807) is 0 Å². The number of hydrogen-bond donors (Lipinski definition) is 1. The molecule has 1 rings (SSSR count). The van der Waals surface area contributed by atoms with Gasteiger partial charge in [0.15, 0.2) is 0 Å². The molecule has 0 heterocycles. The van der Waals surface area contributed by atoms with Crippen LogP contribution in [0.25, 0.3) is 0 Å². The van der Waals surface area contributed by atoms with Gasteiger partial charge in [-0.15, -0.1) is 0 Å². The molecule has 1 aliphatic carbocycles. The summed E-state index contributed by atoms with van der Waals surface area (Å²) in [7, 11) is 2.02. The van der Waals surface area contributed by atoms with Crippen LogP contribution in [0.3, 0.4) is 0 Å². The fourth-order valence-corrected chi connectivity index (χ4v) is 1.85. The van der Waals surface area contributed by atoms with Crippen LogP contribution in [0.5, 0.6) is 0 Å². The van der Waals surface area contributed by atoms with Crippen molar-refractivity contribution in [3.05, 3.63) is 0 Å². The standard InChI is InChI=1S/C12H25NO/c1-10(2)6-12(7-13-3)9-14-8-11-4-5-11/h10-13H,4-9H2,1-3H3. The Bertz CT molecular complexity index is 143. The van der Waals surface area contributed by atoms with Gasteiger partial charge in [-0.3, -0.25) is 0 Å².